The Morgan fingerprint density at radius 3 is 2.22 bits per heavy atom. The van der Waals surface area contributed by atoms with E-state index in [1.807, 2.05) is 42.5 Å². The summed E-state index contributed by atoms with van der Waals surface area (Å²) in [7, 11) is 0. The van der Waals surface area contributed by atoms with Crippen LogP contribution in [0, 0.1) is 0 Å². The van der Waals surface area contributed by atoms with E-state index < -0.39 is 0 Å². The maximum Gasteiger partial charge on any atom is 0.257 e. The number of rotatable bonds is 4. The molecule has 1 aliphatic heterocycles. The number of amides is 2. The van der Waals surface area contributed by atoms with Crippen molar-refractivity contribution in [3.05, 3.63) is 90.0 Å². The first-order valence-electron chi connectivity index (χ1n) is 10.3. The van der Waals surface area contributed by atoms with Gasteiger partial charge in [0, 0.05) is 29.9 Å². The monoisotopic (exact) mass is 445 g/mol. The third-order valence-electron chi connectivity index (χ3n) is 5.15. The molecular formula is C25H23N3O3S. The molecular weight excluding hydrogens is 422 g/mol. The van der Waals surface area contributed by atoms with Crippen LogP contribution in [0.25, 0.3) is 11.1 Å². The first-order chi connectivity index (χ1) is 15.6. The van der Waals surface area contributed by atoms with Crippen molar-refractivity contribution in [2.75, 3.05) is 31.6 Å². The second kappa shape index (κ2) is 10.2. The fourth-order valence-electron chi connectivity index (χ4n) is 3.46. The largest absolute Gasteiger partial charge is 0.378 e. The molecule has 0 unspecified atom stereocenters. The summed E-state index contributed by atoms with van der Waals surface area (Å²) in [5.74, 6) is -0.354. The summed E-state index contributed by atoms with van der Waals surface area (Å²) in [5, 5.41) is 5.83. The second-order valence-corrected chi connectivity index (χ2v) is 7.75. The van der Waals surface area contributed by atoms with E-state index >= 15 is 0 Å². The van der Waals surface area contributed by atoms with Gasteiger partial charge < -0.3 is 15.0 Å². The lowest BCUT2D eigenvalue weighted by atomic mass is 10.0. The Kier molecular flexibility index (Phi) is 6.89. The lowest BCUT2D eigenvalue weighted by Gasteiger charge is -2.27. The maximum absolute atomic E-state index is 12.7. The van der Waals surface area contributed by atoms with Gasteiger partial charge in [0.15, 0.2) is 5.11 Å². The number of ether oxygens (including phenoxy) is 1. The summed E-state index contributed by atoms with van der Waals surface area (Å²) in [6.45, 7) is 2.25. The van der Waals surface area contributed by atoms with Crippen molar-refractivity contribution < 1.29 is 14.3 Å². The van der Waals surface area contributed by atoms with Crippen molar-refractivity contribution in [1.82, 2.24) is 10.2 Å². The number of carbonyl (C=O) groups excluding carboxylic acids is 2. The number of hydrogen-bond acceptors (Lipinski definition) is 4. The highest BCUT2D eigenvalue weighted by atomic mass is 32.1. The smallest absolute Gasteiger partial charge is 0.257 e. The topological polar surface area (TPSA) is 70.7 Å². The van der Waals surface area contributed by atoms with Gasteiger partial charge in [-0.3, -0.25) is 14.9 Å². The quantitative estimate of drug-likeness (QED) is 0.595. The van der Waals surface area contributed by atoms with E-state index in [1.165, 1.54) is 0 Å². The summed E-state index contributed by atoms with van der Waals surface area (Å²) < 4.78 is 5.30. The number of nitrogens with one attached hydrogen (secondary N) is 2. The zero-order valence-electron chi connectivity index (χ0n) is 17.4. The van der Waals surface area contributed by atoms with Crippen molar-refractivity contribution in [2.24, 2.45) is 0 Å². The number of anilines is 1. The van der Waals surface area contributed by atoms with E-state index in [0.717, 1.165) is 11.1 Å². The number of carbonyl (C=O) groups is 2. The summed E-state index contributed by atoms with van der Waals surface area (Å²) in [6.07, 6.45) is 0. The molecule has 32 heavy (non-hydrogen) atoms. The number of benzene rings is 3. The summed E-state index contributed by atoms with van der Waals surface area (Å²) in [5.41, 5.74) is 3.81. The van der Waals surface area contributed by atoms with Crippen LogP contribution in [0.5, 0.6) is 0 Å². The summed E-state index contributed by atoms with van der Waals surface area (Å²) in [6, 6.07) is 24.4. The first kappa shape index (κ1) is 21.7. The Morgan fingerprint density at radius 2 is 1.50 bits per heavy atom. The third kappa shape index (κ3) is 5.38. The molecule has 0 atom stereocenters. The normalized spacial score (nSPS) is 13.3. The molecule has 162 valence electrons. The van der Waals surface area contributed by atoms with Gasteiger partial charge >= 0.3 is 0 Å². The van der Waals surface area contributed by atoms with E-state index in [2.05, 4.69) is 10.6 Å². The van der Waals surface area contributed by atoms with E-state index in [9.17, 15) is 9.59 Å². The predicted octanol–water partition coefficient (Wildman–Crippen LogP) is 3.95. The second-order valence-electron chi connectivity index (χ2n) is 7.34. The van der Waals surface area contributed by atoms with Crippen LogP contribution in [0.3, 0.4) is 0 Å². The number of hydrogen-bond donors (Lipinski definition) is 2. The van der Waals surface area contributed by atoms with Gasteiger partial charge in [-0.1, -0.05) is 48.5 Å². The molecule has 0 saturated carbocycles. The Bertz CT molecular complexity index is 1110. The molecule has 4 rings (SSSR count). The van der Waals surface area contributed by atoms with E-state index in [0.29, 0.717) is 43.1 Å². The van der Waals surface area contributed by atoms with E-state index in [1.54, 1.807) is 41.3 Å². The number of nitrogens with zero attached hydrogens (tertiary/aromatic N) is 1. The molecule has 1 fully saturated rings. The van der Waals surface area contributed by atoms with Crippen molar-refractivity contribution in [3.63, 3.8) is 0 Å². The summed E-state index contributed by atoms with van der Waals surface area (Å²) in [4.78, 5) is 27.0. The van der Waals surface area contributed by atoms with Gasteiger partial charge in [-0.15, -0.1) is 0 Å². The van der Waals surface area contributed by atoms with E-state index in [-0.39, 0.29) is 16.9 Å². The maximum atomic E-state index is 12.7. The van der Waals surface area contributed by atoms with Crippen LogP contribution >= 0.6 is 12.2 Å². The summed E-state index contributed by atoms with van der Waals surface area (Å²) >= 11 is 5.29. The zero-order valence-corrected chi connectivity index (χ0v) is 18.2. The SMILES string of the molecule is O=C(NC(=S)Nc1cccc(C(=O)N2CCOCC2)c1)c1ccc(-c2ccccc2)cc1. The van der Waals surface area contributed by atoms with Crippen molar-refractivity contribution in [1.29, 1.82) is 0 Å². The molecule has 0 spiro atoms. The first-order valence-corrected chi connectivity index (χ1v) is 10.8. The molecule has 1 saturated heterocycles. The Hall–Kier alpha value is -3.55. The minimum Gasteiger partial charge on any atom is -0.378 e. The molecule has 6 nitrogen and oxygen atoms in total. The van der Waals surface area contributed by atoms with Crippen LogP contribution in [-0.4, -0.2) is 48.1 Å². The molecule has 0 aliphatic carbocycles. The van der Waals surface area contributed by atoms with Gasteiger partial charge in [0.25, 0.3) is 11.8 Å². The lowest BCUT2D eigenvalue weighted by molar-refractivity contribution is 0.0303. The fraction of sp³-hybridized carbons (Fsp3) is 0.160. The molecule has 3 aromatic rings. The average molecular weight is 446 g/mol. The molecule has 1 aliphatic rings. The van der Waals surface area contributed by atoms with Gasteiger partial charge in [-0.25, -0.2) is 0 Å². The van der Waals surface area contributed by atoms with Gasteiger partial charge in [-0.05, 0) is 53.7 Å². The molecule has 0 aromatic heterocycles. The Balaban J connectivity index is 1.36. The molecule has 3 aromatic carbocycles. The molecule has 0 bridgehead atoms. The highest BCUT2D eigenvalue weighted by Crippen LogP contribution is 2.19. The minimum atomic E-state index is -0.303. The van der Waals surface area contributed by atoms with Crippen LogP contribution in [0.15, 0.2) is 78.9 Å². The van der Waals surface area contributed by atoms with Gasteiger partial charge in [0.2, 0.25) is 0 Å². The van der Waals surface area contributed by atoms with Crippen LogP contribution in [0.2, 0.25) is 0 Å². The molecule has 0 radical (unpaired) electrons. The number of thiocarbonyl (C=S) groups is 1. The van der Waals surface area contributed by atoms with Gasteiger partial charge in [-0.2, -0.15) is 0 Å². The van der Waals surface area contributed by atoms with Crippen molar-refractivity contribution >= 4 is 34.8 Å². The van der Waals surface area contributed by atoms with Crippen molar-refractivity contribution in [3.8, 4) is 11.1 Å². The minimum absolute atomic E-state index is 0.0505. The molecule has 2 amide bonds. The van der Waals surface area contributed by atoms with Crippen LogP contribution in [-0.2, 0) is 4.74 Å². The van der Waals surface area contributed by atoms with Crippen LogP contribution in [0.1, 0.15) is 20.7 Å². The molecule has 1 heterocycles. The lowest BCUT2D eigenvalue weighted by Crippen LogP contribution is -2.40. The molecule has 2 N–H and O–H groups in total. The van der Waals surface area contributed by atoms with Gasteiger partial charge in [0.05, 0.1) is 13.2 Å². The fourth-order valence-corrected chi connectivity index (χ4v) is 3.67. The molecule has 7 heteroatoms. The van der Waals surface area contributed by atoms with Gasteiger partial charge in [0.1, 0.15) is 0 Å². The Morgan fingerprint density at radius 1 is 0.812 bits per heavy atom. The van der Waals surface area contributed by atoms with Crippen molar-refractivity contribution in [2.45, 2.75) is 0 Å². The average Bonchev–Trinajstić information content (AvgIpc) is 2.85. The third-order valence-corrected chi connectivity index (χ3v) is 5.35. The highest BCUT2D eigenvalue weighted by molar-refractivity contribution is 7.80. The number of morpholine rings is 1. The van der Waals surface area contributed by atoms with Crippen LogP contribution < -0.4 is 10.6 Å². The van der Waals surface area contributed by atoms with E-state index in [4.69, 9.17) is 17.0 Å². The predicted molar refractivity (Wildman–Crippen MR) is 129 cm³/mol. The highest BCUT2D eigenvalue weighted by Gasteiger charge is 2.18. The standard InChI is InChI=1S/C25H23N3O3S/c29-23(20-11-9-19(10-12-20)18-5-2-1-3-6-18)27-25(32)26-22-8-4-7-21(17-22)24(30)28-13-15-31-16-14-28/h1-12,17H,13-16H2,(H2,26,27,29,32). The zero-order chi connectivity index (χ0) is 22.3. The Labute approximate surface area is 192 Å². The van der Waals surface area contributed by atoms with Crippen LogP contribution in [0.4, 0.5) is 5.69 Å².